The Bertz CT molecular complexity index is 365. The van der Waals surface area contributed by atoms with Crippen LogP contribution in [0.4, 0.5) is 5.82 Å². The summed E-state index contributed by atoms with van der Waals surface area (Å²) in [5.41, 5.74) is 6.37. The molecular weight excluding hydrogens is 220 g/mol. The highest BCUT2D eigenvalue weighted by atomic mass is 32.1. The molecule has 0 saturated heterocycles. The second kappa shape index (κ2) is 5.75. The van der Waals surface area contributed by atoms with Crippen molar-refractivity contribution < 1.29 is 0 Å². The van der Waals surface area contributed by atoms with Gasteiger partial charge in [-0.3, -0.25) is 0 Å². The highest BCUT2D eigenvalue weighted by Crippen LogP contribution is 2.14. The van der Waals surface area contributed by atoms with Crippen LogP contribution >= 0.6 is 12.2 Å². The number of nitrogens with one attached hydrogen (secondary N) is 1. The van der Waals surface area contributed by atoms with Crippen LogP contribution in [0.2, 0.25) is 0 Å². The quantitative estimate of drug-likeness (QED) is 0.768. The Labute approximate surface area is 102 Å². The molecule has 0 bridgehead atoms. The normalized spacial score (nSPS) is 12.5. The number of nitrogens with two attached hydrogens (primary N) is 1. The van der Waals surface area contributed by atoms with Crippen LogP contribution in [0.25, 0.3) is 0 Å². The summed E-state index contributed by atoms with van der Waals surface area (Å²) in [6.07, 6.45) is 2.65. The summed E-state index contributed by atoms with van der Waals surface area (Å²) < 4.78 is 0. The molecule has 4 nitrogen and oxygen atoms in total. The molecule has 3 N–H and O–H groups in total. The zero-order valence-electron chi connectivity index (χ0n) is 9.90. The van der Waals surface area contributed by atoms with E-state index >= 15 is 0 Å². The average molecular weight is 238 g/mol. The van der Waals surface area contributed by atoms with Gasteiger partial charge in [-0.05, 0) is 25.3 Å². The van der Waals surface area contributed by atoms with Crippen molar-refractivity contribution in [1.29, 1.82) is 0 Å². The third-order valence-electron chi connectivity index (χ3n) is 2.19. The number of aromatic nitrogens is 2. The molecule has 1 aromatic heterocycles. The van der Waals surface area contributed by atoms with Crippen LogP contribution in [0.3, 0.4) is 0 Å². The van der Waals surface area contributed by atoms with Crippen LogP contribution in [0.1, 0.15) is 32.8 Å². The molecule has 1 atom stereocenters. The molecule has 0 aliphatic rings. The molecule has 1 aromatic rings. The lowest BCUT2D eigenvalue weighted by Crippen LogP contribution is -2.22. The van der Waals surface area contributed by atoms with Crippen LogP contribution in [-0.4, -0.2) is 21.2 Å². The number of anilines is 1. The molecule has 0 saturated carbocycles. The summed E-state index contributed by atoms with van der Waals surface area (Å²) in [6.45, 7) is 6.48. The van der Waals surface area contributed by atoms with Gasteiger partial charge in [0.2, 0.25) is 0 Å². The highest BCUT2D eigenvalue weighted by Gasteiger charge is 2.10. The molecule has 0 amide bonds. The van der Waals surface area contributed by atoms with Gasteiger partial charge >= 0.3 is 0 Å². The van der Waals surface area contributed by atoms with Crippen molar-refractivity contribution in [2.45, 2.75) is 33.2 Å². The fourth-order valence-electron chi connectivity index (χ4n) is 1.64. The predicted molar refractivity (Wildman–Crippen MR) is 70.5 cm³/mol. The van der Waals surface area contributed by atoms with Gasteiger partial charge in [0.05, 0.1) is 11.8 Å². The summed E-state index contributed by atoms with van der Waals surface area (Å²) in [5, 5.41) is 11.1. The van der Waals surface area contributed by atoms with Crippen LogP contribution in [0.5, 0.6) is 0 Å². The van der Waals surface area contributed by atoms with E-state index in [2.05, 4.69) is 36.3 Å². The molecule has 16 heavy (non-hydrogen) atoms. The Morgan fingerprint density at radius 1 is 1.50 bits per heavy atom. The smallest absolute Gasteiger partial charge is 0.159 e. The lowest BCUT2D eigenvalue weighted by Gasteiger charge is -2.17. The fraction of sp³-hybridized carbons (Fsp3) is 0.545. The van der Waals surface area contributed by atoms with Crippen molar-refractivity contribution in [2.75, 3.05) is 5.32 Å². The minimum Gasteiger partial charge on any atom is -0.389 e. The molecule has 1 heterocycles. The first-order valence-electron chi connectivity index (χ1n) is 5.38. The Morgan fingerprint density at radius 3 is 2.75 bits per heavy atom. The van der Waals surface area contributed by atoms with Crippen LogP contribution in [0.15, 0.2) is 12.3 Å². The van der Waals surface area contributed by atoms with Crippen molar-refractivity contribution in [3.63, 3.8) is 0 Å². The van der Waals surface area contributed by atoms with E-state index in [9.17, 15) is 0 Å². The number of nitrogens with zero attached hydrogens (tertiary/aromatic N) is 2. The van der Waals surface area contributed by atoms with E-state index in [1.165, 1.54) is 0 Å². The van der Waals surface area contributed by atoms with Gasteiger partial charge in [0, 0.05) is 6.04 Å². The fourth-order valence-corrected chi connectivity index (χ4v) is 1.80. The maximum absolute atomic E-state index is 5.62. The number of thiocarbonyl (C=S) groups is 1. The lowest BCUT2D eigenvalue weighted by atomic mass is 10.1. The van der Waals surface area contributed by atoms with Gasteiger partial charge in [0.15, 0.2) is 5.82 Å². The minimum atomic E-state index is 0.324. The van der Waals surface area contributed by atoms with Gasteiger partial charge < -0.3 is 11.1 Å². The topological polar surface area (TPSA) is 63.8 Å². The maximum atomic E-state index is 5.62. The maximum Gasteiger partial charge on any atom is 0.159 e. The zero-order valence-corrected chi connectivity index (χ0v) is 10.7. The molecule has 1 unspecified atom stereocenters. The molecule has 0 spiro atoms. The molecule has 0 aliphatic carbocycles. The van der Waals surface area contributed by atoms with E-state index in [0.717, 1.165) is 12.0 Å². The molecule has 0 fully saturated rings. The third-order valence-corrected chi connectivity index (χ3v) is 2.41. The van der Waals surface area contributed by atoms with Crippen LogP contribution in [0, 0.1) is 5.92 Å². The first-order valence-corrected chi connectivity index (χ1v) is 5.79. The number of rotatable bonds is 5. The van der Waals surface area contributed by atoms with E-state index in [4.69, 9.17) is 18.0 Å². The van der Waals surface area contributed by atoms with Crippen molar-refractivity contribution in [3.8, 4) is 0 Å². The largest absolute Gasteiger partial charge is 0.389 e. The highest BCUT2D eigenvalue weighted by molar-refractivity contribution is 7.80. The van der Waals surface area contributed by atoms with Gasteiger partial charge in [-0.25, -0.2) is 0 Å². The standard InChI is InChI=1S/C11H18N4S/c1-7(2)6-8(3)14-11-9(10(12)16)4-5-13-15-11/h4-5,7-8H,6H2,1-3H3,(H2,12,16)(H,14,15). The Kier molecular flexibility index (Phi) is 4.61. The van der Waals surface area contributed by atoms with Gasteiger partial charge in [0.25, 0.3) is 0 Å². The SMILES string of the molecule is CC(C)CC(C)Nc1nnccc1C(N)=S. The first-order chi connectivity index (χ1) is 7.50. The Balaban J connectivity index is 2.76. The van der Waals surface area contributed by atoms with E-state index in [1.807, 2.05) is 0 Å². The van der Waals surface area contributed by atoms with Crippen LogP contribution < -0.4 is 11.1 Å². The first kappa shape index (κ1) is 12.8. The summed E-state index contributed by atoms with van der Waals surface area (Å²) in [6, 6.07) is 2.10. The minimum absolute atomic E-state index is 0.324. The van der Waals surface area contributed by atoms with Gasteiger partial charge in [-0.1, -0.05) is 26.1 Å². The predicted octanol–water partition coefficient (Wildman–Crippen LogP) is 1.96. The van der Waals surface area contributed by atoms with Crippen molar-refractivity contribution in [2.24, 2.45) is 11.7 Å². The summed E-state index contributed by atoms with van der Waals surface area (Å²) >= 11 is 4.96. The van der Waals surface area contributed by atoms with Crippen molar-refractivity contribution >= 4 is 23.0 Å². The zero-order chi connectivity index (χ0) is 12.1. The summed E-state index contributed by atoms with van der Waals surface area (Å²) in [7, 11) is 0. The van der Waals surface area contributed by atoms with Gasteiger partial charge in [0.1, 0.15) is 4.99 Å². The molecule has 0 aliphatic heterocycles. The molecular formula is C11H18N4S. The second-order valence-corrected chi connectivity index (χ2v) is 4.77. The molecule has 0 radical (unpaired) electrons. The number of hydrogen-bond donors (Lipinski definition) is 2. The molecule has 88 valence electrons. The van der Waals surface area contributed by atoms with Gasteiger partial charge in [-0.15, -0.1) is 5.10 Å². The second-order valence-electron chi connectivity index (χ2n) is 4.33. The summed E-state index contributed by atoms with van der Waals surface area (Å²) in [4.78, 5) is 0.342. The van der Waals surface area contributed by atoms with E-state index in [1.54, 1.807) is 12.3 Å². The molecule has 5 heteroatoms. The average Bonchev–Trinajstić information content (AvgIpc) is 2.16. The third kappa shape index (κ3) is 3.73. The van der Waals surface area contributed by atoms with Crippen LogP contribution in [-0.2, 0) is 0 Å². The van der Waals surface area contributed by atoms with E-state index in [-0.39, 0.29) is 0 Å². The molecule has 1 rings (SSSR count). The van der Waals surface area contributed by atoms with E-state index in [0.29, 0.717) is 22.8 Å². The molecule has 0 aromatic carbocycles. The lowest BCUT2D eigenvalue weighted by molar-refractivity contribution is 0.538. The summed E-state index contributed by atoms with van der Waals surface area (Å²) in [5.74, 6) is 1.30. The van der Waals surface area contributed by atoms with Crippen molar-refractivity contribution in [1.82, 2.24) is 10.2 Å². The number of hydrogen-bond acceptors (Lipinski definition) is 4. The Hall–Kier alpha value is -1.23. The monoisotopic (exact) mass is 238 g/mol. The van der Waals surface area contributed by atoms with Gasteiger partial charge in [-0.2, -0.15) is 5.10 Å². The Morgan fingerprint density at radius 2 is 2.19 bits per heavy atom. The van der Waals surface area contributed by atoms with E-state index < -0.39 is 0 Å². The van der Waals surface area contributed by atoms with Crippen molar-refractivity contribution in [3.05, 3.63) is 17.8 Å².